The highest BCUT2D eigenvalue weighted by Crippen LogP contribution is 2.22. The van der Waals surface area contributed by atoms with Gasteiger partial charge in [-0.25, -0.2) is 4.79 Å². The third-order valence-corrected chi connectivity index (χ3v) is 2.54. The predicted molar refractivity (Wildman–Crippen MR) is 64.7 cm³/mol. The van der Waals surface area contributed by atoms with Crippen LogP contribution in [0.15, 0.2) is 30.3 Å². The zero-order valence-electron chi connectivity index (χ0n) is 9.86. The van der Waals surface area contributed by atoms with Crippen molar-refractivity contribution < 1.29 is 9.53 Å². The predicted octanol–water partition coefficient (Wildman–Crippen LogP) is 2.56. The molecule has 0 aliphatic heterocycles. The van der Waals surface area contributed by atoms with E-state index in [2.05, 4.69) is 10.2 Å². The first-order chi connectivity index (χ1) is 8.24. The molecule has 0 aliphatic rings. The molecule has 0 atom stereocenters. The Labute approximate surface area is 99.6 Å². The molecule has 1 aromatic heterocycles. The second kappa shape index (κ2) is 4.82. The summed E-state index contributed by atoms with van der Waals surface area (Å²) in [6.07, 6.45) is 0. The van der Waals surface area contributed by atoms with Gasteiger partial charge in [0.05, 0.1) is 12.3 Å². The fourth-order valence-corrected chi connectivity index (χ4v) is 1.68. The van der Waals surface area contributed by atoms with Crippen LogP contribution in [0.3, 0.4) is 0 Å². The molecule has 2 rings (SSSR count). The number of rotatable bonds is 3. The summed E-state index contributed by atoms with van der Waals surface area (Å²) in [5.41, 5.74) is 3.03. The van der Waals surface area contributed by atoms with Crippen molar-refractivity contribution in [1.82, 2.24) is 10.2 Å². The van der Waals surface area contributed by atoms with Crippen LogP contribution in [-0.2, 0) is 4.74 Å². The van der Waals surface area contributed by atoms with E-state index in [1.807, 2.05) is 37.3 Å². The van der Waals surface area contributed by atoms with Crippen LogP contribution >= 0.6 is 0 Å². The SMILES string of the molecule is CCOC(=O)c1n[nH]c(-c2ccccc2)c1C. The van der Waals surface area contributed by atoms with Crippen LogP contribution in [0.4, 0.5) is 0 Å². The highest BCUT2D eigenvalue weighted by Gasteiger charge is 2.17. The topological polar surface area (TPSA) is 55.0 Å². The van der Waals surface area contributed by atoms with Crippen LogP contribution in [0.2, 0.25) is 0 Å². The molecule has 0 aliphatic carbocycles. The van der Waals surface area contributed by atoms with Crippen LogP contribution in [0, 0.1) is 6.92 Å². The van der Waals surface area contributed by atoms with E-state index in [0.717, 1.165) is 16.8 Å². The van der Waals surface area contributed by atoms with E-state index < -0.39 is 0 Å². The van der Waals surface area contributed by atoms with Crippen molar-refractivity contribution in [2.24, 2.45) is 0 Å². The van der Waals surface area contributed by atoms with Crippen LogP contribution in [0.5, 0.6) is 0 Å². The summed E-state index contributed by atoms with van der Waals surface area (Å²) in [4.78, 5) is 11.6. The van der Waals surface area contributed by atoms with Gasteiger partial charge in [0, 0.05) is 5.56 Å². The maximum absolute atomic E-state index is 11.6. The summed E-state index contributed by atoms with van der Waals surface area (Å²) in [5.74, 6) is -0.386. The molecule has 0 saturated heterocycles. The Balaban J connectivity index is 2.37. The molecule has 2 aromatic rings. The van der Waals surface area contributed by atoms with Gasteiger partial charge >= 0.3 is 5.97 Å². The largest absolute Gasteiger partial charge is 0.461 e. The van der Waals surface area contributed by atoms with Gasteiger partial charge in [0.25, 0.3) is 0 Å². The third kappa shape index (κ3) is 2.20. The fraction of sp³-hybridized carbons (Fsp3) is 0.231. The van der Waals surface area contributed by atoms with Crippen molar-refractivity contribution in [2.75, 3.05) is 6.61 Å². The Morgan fingerprint density at radius 3 is 2.71 bits per heavy atom. The van der Waals surface area contributed by atoms with Gasteiger partial charge in [-0.05, 0) is 19.4 Å². The summed E-state index contributed by atoms with van der Waals surface area (Å²) in [5, 5.41) is 6.89. The molecule has 1 N–H and O–H groups in total. The lowest BCUT2D eigenvalue weighted by molar-refractivity contribution is 0.0518. The highest BCUT2D eigenvalue weighted by atomic mass is 16.5. The maximum atomic E-state index is 11.6. The van der Waals surface area contributed by atoms with E-state index in [9.17, 15) is 4.79 Å². The molecule has 0 radical (unpaired) electrons. The van der Waals surface area contributed by atoms with Gasteiger partial charge in [0.2, 0.25) is 0 Å². The van der Waals surface area contributed by atoms with E-state index >= 15 is 0 Å². The maximum Gasteiger partial charge on any atom is 0.359 e. The Bertz CT molecular complexity index is 517. The smallest absolute Gasteiger partial charge is 0.359 e. The molecule has 1 heterocycles. The molecule has 0 amide bonds. The average Bonchev–Trinajstić information content (AvgIpc) is 2.72. The minimum absolute atomic E-state index is 0.353. The minimum atomic E-state index is -0.386. The van der Waals surface area contributed by atoms with Crippen molar-refractivity contribution in [1.29, 1.82) is 0 Å². The number of hydrogen-bond donors (Lipinski definition) is 1. The molecule has 4 heteroatoms. The number of ether oxygens (including phenoxy) is 1. The molecule has 88 valence electrons. The van der Waals surface area contributed by atoms with Crippen molar-refractivity contribution in [3.05, 3.63) is 41.6 Å². The number of aromatic nitrogens is 2. The molecule has 0 unspecified atom stereocenters. The first-order valence-corrected chi connectivity index (χ1v) is 5.51. The number of benzene rings is 1. The number of carbonyl (C=O) groups is 1. The number of hydrogen-bond acceptors (Lipinski definition) is 3. The van der Waals surface area contributed by atoms with E-state index in [4.69, 9.17) is 4.74 Å². The van der Waals surface area contributed by atoms with Crippen LogP contribution in [0.1, 0.15) is 23.0 Å². The van der Waals surface area contributed by atoms with Crippen molar-refractivity contribution in [2.45, 2.75) is 13.8 Å². The summed E-state index contributed by atoms with van der Waals surface area (Å²) in [6.45, 7) is 3.99. The van der Waals surface area contributed by atoms with Gasteiger partial charge in [-0.2, -0.15) is 5.10 Å². The van der Waals surface area contributed by atoms with Crippen LogP contribution < -0.4 is 0 Å². The van der Waals surface area contributed by atoms with Gasteiger partial charge in [0.1, 0.15) is 0 Å². The van der Waals surface area contributed by atoms with Crippen LogP contribution in [-0.4, -0.2) is 22.8 Å². The zero-order valence-corrected chi connectivity index (χ0v) is 9.86. The Morgan fingerprint density at radius 2 is 2.06 bits per heavy atom. The van der Waals surface area contributed by atoms with E-state index in [1.54, 1.807) is 6.92 Å². The van der Waals surface area contributed by atoms with Gasteiger partial charge in [-0.15, -0.1) is 0 Å². The minimum Gasteiger partial charge on any atom is -0.461 e. The summed E-state index contributed by atoms with van der Waals surface area (Å²) >= 11 is 0. The van der Waals surface area contributed by atoms with Gasteiger partial charge < -0.3 is 4.74 Å². The standard InChI is InChI=1S/C13H14N2O2/c1-3-17-13(16)12-9(2)11(14-15-12)10-7-5-4-6-8-10/h4-8H,3H2,1-2H3,(H,14,15). The van der Waals surface area contributed by atoms with E-state index in [-0.39, 0.29) is 5.97 Å². The molecular formula is C13H14N2O2. The molecule has 0 saturated carbocycles. The molecule has 0 spiro atoms. The number of nitrogens with one attached hydrogen (secondary N) is 1. The lowest BCUT2D eigenvalue weighted by Crippen LogP contribution is -2.06. The number of nitrogens with zero attached hydrogens (tertiary/aromatic N) is 1. The van der Waals surface area contributed by atoms with Crippen molar-refractivity contribution in [3.8, 4) is 11.3 Å². The average molecular weight is 230 g/mol. The summed E-state index contributed by atoms with van der Waals surface area (Å²) < 4.78 is 4.94. The normalized spacial score (nSPS) is 10.2. The Hall–Kier alpha value is -2.10. The van der Waals surface area contributed by atoms with Crippen molar-refractivity contribution >= 4 is 5.97 Å². The fourth-order valence-electron chi connectivity index (χ4n) is 1.68. The third-order valence-electron chi connectivity index (χ3n) is 2.54. The number of aromatic amines is 1. The summed E-state index contributed by atoms with van der Waals surface area (Å²) in [6, 6.07) is 9.77. The first-order valence-electron chi connectivity index (χ1n) is 5.51. The van der Waals surface area contributed by atoms with E-state index in [1.165, 1.54) is 0 Å². The molecule has 4 nitrogen and oxygen atoms in total. The quantitative estimate of drug-likeness (QED) is 0.824. The summed E-state index contributed by atoms with van der Waals surface area (Å²) in [7, 11) is 0. The number of H-pyrrole nitrogens is 1. The highest BCUT2D eigenvalue weighted by molar-refractivity contribution is 5.91. The van der Waals surface area contributed by atoms with Crippen molar-refractivity contribution in [3.63, 3.8) is 0 Å². The molecule has 17 heavy (non-hydrogen) atoms. The first kappa shape index (κ1) is 11.4. The molecular weight excluding hydrogens is 216 g/mol. The molecule has 1 aromatic carbocycles. The Morgan fingerprint density at radius 1 is 1.35 bits per heavy atom. The van der Waals surface area contributed by atoms with E-state index in [0.29, 0.717) is 12.3 Å². The molecule has 0 fully saturated rings. The monoisotopic (exact) mass is 230 g/mol. The second-order valence-corrected chi connectivity index (χ2v) is 3.66. The van der Waals surface area contributed by atoms with Gasteiger partial charge in [-0.3, -0.25) is 5.10 Å². The second-order valence-electron chi connectivity index (χ2n) is 3.66. The lowest BCUT2D eigenvalue weighted by Gasteiger charge is -2.00. The molecule has 0 bridgehead atoms. The zero-order chi connectivity index (χ0) is 12.3. The van der Waals surface area contributed by atoms with Gasteiger partial charge in [0.15, 0.2) is 5.69 Å². The Kier molecular flexibility index (Phi) is 3.23. The lowest BCUT2D eigenvalue weighted by atomic mass is 10.1. The van der Waals surface area contributed by atoms with Gasteiger partial charge in [-0.1, -0.05) is 30.3 Å². The number of esters is 1. The van der Waals surface area contributed by atoms with Crippen LogP contribution in [0.25, 0.3) is 11.3 Å². The number of carbonyl (C=O) groups excluding carboxylic acids is 1.